The minimum absolute atomic E-state index is 0.206. The largest absolute Gasteiger partial charge is 0.416 e. The fraction of sp³-hybridized carbons (Fsp3) is 0.500. The summed E-state index contributed by atoms with van der Waals surface area (Å²) in [6.07, 6.45) is -3.99. The van der Waals surface area contributed by atoms with E-state index in [4.69, 9.17) is 5.73 Å². The van der Waals surface area contributed by atoms with Crippen molar-refractivity contribution in [3.63, 3.8) is 0 Å². The summed E-state index contributed by atoms with van der Waals surface area (Å²) >= 11 is 0. The molecule has 0 fully saturated rings. The van der Waals surface area contributed by atoms with Crippen LogP contribution in [0.2, 0.25) is 0 Å². The van der Waals surface area contributed by atoms with Crippen molar-refractivity contribution < 1.29 is 18.0 Å². The van der Waals surface area contributed by atoms with Gasteiger partial charge in [0.05, 0.1) is 11.5 Å². The molecule has 0 aliphatic carbocycles. The van der Waals surface area contributed by atoms with Crippen molar-refractivity contribution in [2.45, 2.75) is 38.4 Å². The highest BCUT2D eigenvalue weighted by Crippen LogP contribution is 2.31. The van der Waals surface area contributed by atoms with Gasteiger partial charge in [0.1, 0.15) is 0 Å². The van der Waals surface area contributed by atoms with Crippen LogP contribution in [-0.2, 0) is 11.0 Å². The molecular weight excluding hydrogens is 269 g/mol. The second kappa shape index (κ2) is 6.74. The zero-order valence-corrected chi connectivity index (χ0v) is 11.5. The Labute approximate surface area is 116 Å². The second-order valence-electron chi connectivity index (χ2n) is 4.73. The van der Waals surface area contributed by atoms with Crippen LogP contribution in [0.5, 0.6) is 0 Å². The van der Waals surface area contributed by atoms with Crippen LogP contribution in [0.1, 0.15) is 37.3 Å². The van der Waals surface area contributed by atoms with Crippen LogP contribution < -0.4 is 11.1 Å². The number of hydrogen-bond donors (Lipinski definition) is 2. The first-order valence-electron chi connectivity index (χ1n) is 6.47. The Morgan fingerprint density at radius 3 is 2.55 bits per heavy atom. The number of hydrogen-bond acceptors (Lipinski definition) is 2. The second-order valence-corrected chi connectivity index (χ2v) is 4.73. The average molecular weight is 288 g/mol. The van der Waals surface area contributed by atoms with Gasteiger partial charge in [-0.3, -0.25) is 4.79 Å². The third-order valence-corrected chi connectivity index (χ3v) is 3.08. The van der Waals surface area contributed by atoms with Gasteiger partial charge in [-0.1, -0.05) is 25.1 Å². The maximum Gasteiger partial charge on any atom is 0.416 e. The number of benzene rings is 1. The highest BCUT2D eigenvalue weighted by Gasteiger charge is 2.31. The van der Waals surface area contributed by atoms with Crippen molar-refractivity contribution in [2.75, 3.05) is 6.54 Å². The first-order valence-corrected chi connectivity index (χ1v) is 6.47. The van der Waals surface area contributed by atoms with Gasteiger partial charge in [0.25, 0.3) is 0 Å². The summed E-state index contributed by atoms with van der Waals surface area (Å²) in [4.78, 5) is 12.1. The molecule has 6 heteroatoms. The standard InChI is InChI=1S/C14H19F3N2O/c1-3-12(13(20)19-9(2)8-18)10-5-4-6-11(7-10)14(15,16)17/h4-7,9,12H,3,8,18H2,1-2H3,(H,19,20)/t9-,12?/m0/s1. The van der Waals surface area contributed by atoms with Gasteiger partial charge in [-0.15, -0.1) is 0 Å². The SMILES string of the molecule is CCC(C(=O)N[C@@H](C)CN)c1cccc(C(F)(F)F)c1. The third kappa shape index (κ3) is 4.23. The van der Waals surface area contributed by atoms with Crippen molar-refractivity contribution in [1.29, 1.82) is 0 Å². The van der Waals surface area contributed by atoms with E-state index in [0.717, 1.165) is 12.1 Å². The molecule has 0 radical (unpaired) electrons. The number of rotatable bonds is 5. The van der Waals surface area contributed by atoms with E-state index in [9.17, 15) is 18.0 Å². The van der Waals surface area contributed by atoms with Crippen LogP contribution in [0, 0.1) is 0 Å². The summed E-state index contributed by atoms with van der Waals surface area (Å²) in [6.45, 7) is 3.79. The van der Waals surface area contributed by atoms with E-state index in [1.807, 2.05) is 0 Å². The van der Waals surface area contributed by atoms with Crippen LogP contribution in [-0.4, -0.2) is 18.5 Å². The fourth-order valence-electron chi connectivity index (χ4n) is 1.91. The van der Waals surface area contributed by atoms with Crippen LogP contribution >= 0.6 is 0 Å². The van der Waals surface area contributed by atoms with Crippen LogP contribution in [0.3, 0.4) is 0 Å². The highest BCUT2D eigenvalue weighted by atomic mass is 19.4. The minimum atomic E-state index is -4.41. The van der Waals surface area contributed by atoms with Gasteiger partial charge in [0.15, 0.2) is 0 Å². The molecule has 2 atom stereocenters. The zero-order chi connectivity index (χ0) is 15.3. The summed E-state index contributed by atoms with van der Waals surface area (Å²) in [5, 5.41) is 2.69. The zero-order valence-electron chi connectivity index (χ0n) is 11.5. The van der Waals surface area contributed by atoms with Crippen LogP contribution in [0.25, 0.3) is 0 Å². The van der Waals surface area contributed by atoms with E-state index in [2.05, 4.69) is 5.32 Å². The highest BCUT2D eigenvalue weighted by molar-refractivity contribution is 5.83. The van der Waals surface area contributed by atoms with E-state index >= 15 is 0 Å². The maximum atomic E-state index is 12.7. The van der Waals surface area contributed by atoms with Crippen LogP contribution in [0.15, 0.2) is 24.3 Å². The maximum absolute atomic E-state index is 12.7. The molecule has 3 nitrogen and oxygen atoms in total. The number of nitrogens with one attached hydrogen (secondary N) is 1. The smallest absolute Gasteiger partial charge is 0.352 e. The van der Waals surface area contributed by atoms with Crippen molar-refractivity contribution in [2.24, 2.45) is 5.73 Å². The molecule has 1 amide bonds. The Morgan fingerprint density at radius 1 is 1.40 bits per heavy atom. The lowest BCUT2D eigenvalue weighted by Gasteiger charge is -2.19. The molecule has 0 aliphatic rings. The molecule has 0 spiro atoms. The Balaban J connectivity index is 2.98. The van der Waals surface area contributed by atoms with Gasteiger partial charge in [0, 0.05) is 12.6 Å². The molecule has 3 N–H and O–H groups in total. The monoisotopic (exact) mass is 288 g/mol. The molecular formula is C14H19F3N2O. The van der Waals surface area contributed by atoms with Gasteiger partial charge >= 0.3 is 6.18 Å². The number of alkyl halides is 3. The molecule has 0 bridgehead atoms. The van der Waals surface area contributed by atoms with Crippen molar-refractivity contribution in [1.82, 2.24) is 5.32 Å². The first kappa shape index (κ1) is 16.5. The van der Waals surface area contributed by atoms with Gasteiger partial charge in [-0.2, -0.15) is 13.2 Å². The summed E-state index contributed by atoms with van der Waals surface area (Å²) < 4.78 is 38.1. The average Bonchev–Trinajstić information content (AvgIpc) is 2.38. The molecule has 0 saturated heterocycles. The molecule has 20 heavy (non-hydrogen) atoms. The summed E-state index contributed by atoms with van der Waals surface area (Å²) in [6, 6.07) is 4.68. The van der Waals surface area contributed by atoms with Gasteiger partial charge < -0.3 is 11.1 Å². The predicted octanol–water partition coefficient (Wildman–Crippen LogP) is 2.66. The number of carbonyl (C=O) groups is 1. The van der Waals surface area contributed by atoms with Crippen molar-refractivity contribution in [3.05, 3.63) is 35.4 Å². The number of nitrogens with two attached hydrogens (primary N) is 1. The lowest BCUT2D eigenvalue weighted by molar-refractivity contribution is -0.137. The quantitative estimate of drug-likeness (QED) is 0.875. The van der Waals surface area contributed by atoms with E-state index < -0.39 is 17.7 Å². The van der Waals surface area contributed by atoms with E-state index in [1.165, 1.54) is 12.1 Å². The molecule has 1 aromatic rings. The summed E-state index contributed by atoms with van der Waals surface area (Å²) in [5.74, 6) is -0.906. The number of amides is 1. The Morgan fingerprint density at radius 2 is 2.05 bits per heavy atom. The first-order chi connectivity index (χ1) is 9.29. The van der Waals surface area contributed by atoms with E-state index in [1.54, 1.807) is 13.8 Å². The van der Waals surface area contributed by atoms with Gasteiger partial charge in [-0.25, -0.2) is 0 Å². The van der Waals surface area contributed by atoms with Gasteiger partial charge in [0.2, 0.25) is 5.91 Å². The molecule has 112 valence electrons. The molecule has 0 aromatic heterocycles. The lowest BCUT2D eigenvalue weighted by atomic mass is 9.93. The Kier molecular flexibility index (Phi) is 5.56. The predicted molar refractivity (Wildman–Crippen MR) is 71.1 cm³/mol. The van der Waals surface area contributed by atoms with Crippen molar-refractivity contribution in [3.8, 4) is 0 Å². The number of carbonyl (C=O) groups excluding carboxylic acids is 1. The molecule has 0 saturated carbocycles. The van der Waals surface area contributed by atoms with Crippen molar-refractivity contribution >= 4 is 5.91 Å². The number of halogens is 3. The molecule has 0 heterocycles. The molecule has 1 aromatic carbocycles. The fourth-order valence-corrected chi connectivity index (χ4v) is 1.91. The molecule has 1 unspecified atom stereocenters. The Bertz CT molecular complexity index is 460. The summed E-state index contributed by atoms with van der Waals surface area (Å²) in [5.41, 5.74) is 5.04. The topological polar surface area (TPSA) is 55.1 Å². The summed E-state index contributed by atoms with van der Waals surface area (Å²) in [7, 11) is 0. The van der Waals surface area contributed by atoms with E-state index in [0.29, 0.717) is 12.0 Å². The molecule has 1 rings (SSSR count). The van der Waals surface area contributed by atoms with E-state index in [-0.39, 0.29) is 18.5 Å². The molecule has 0 aliphatic heterocycles. The Hall–Kier alpha value is -1.56. The normalized spacial score (nSPS) is 14.7. The lowest BCUT2D eigenvalue weighted by Crippen LogP contribution is -2.40. The minimum Gasteiger partial charge on any atom is -0.352 e. The van der Waals surface area contributed by atoms with Crippen LogP contribution in [0.4, 0.5) is 13.2 Å². The van der Waals surface area contributed by atoms with Gasteiger partial charge in [-0.05, 0) is 25.0 Å². The third-order valence-electron chi connectivity index (χ3n) is 3.08.